The van der Waals surface area contributed by atoms with E-state index in [4.69, 9.17) is 5.73 Å². The van der Waals surface area contributed by atoms with Crippen LogP contribution in [0.4, 0.5) is 13.2 Å². The van der Waals surface area contributed by atoms with E-state index in [1.165, 1.54) is 4.88 Å². The Morgan fingerprint density at radius 2 is 1.90 bits per heavy atom. The van der Waals surface area contributed by atoms with Crippen LogP contribution in [0.5, 0.6) is 0 Å². The number of likely N-dealkylation sites (N-methyl/N-ethyl adjacent to an activating group) is 1. The Labute approximate surface area is 126 Å². The van der Waals surface area contributed by atoms with Crippen molar-refractivity contribution in [2.45, 2.75) is 12.5 Å². The summed E-state index contributed by atoms with van der Waals surface area (Å²) in [4.78, 5) is 3.15. The first-order valence-corrected chi connectivity index (χ1v) is 7.48. The molecule has 6 heteroatoms. The van der Waals surface area contributed by atoms with Gasteiger partial charge in [0, 0.05) is 24.0 Å². The fourth-order valence-corrected chi connectivity index (χ4v) is 2.93. The van der Waals surface area contributed by atoms with E-state index in [-0.39, 0.29) is 12.6 Å². The molecule has 0 aliphatic carbocycles. The van der Waals surface area contributed by atoms with Gasteiger partial charge in [0.25, 0.3) is 0 Å². The first kappa shape index (κ1) is 16.0. The second kappa shape index (κ2) is 7.06. The van der Waals surface area contributed by atoms with Gasteiger partial charge in [0.1, 0.15) is 0 Å². The maximum Gasteiger partial charge on any atom is 0.194 e. The lowest BCUT2D eigenvalue weighted by molar-refractivity contribution is 0.252. The summed E-state index contributed by atoms with van der Waals surface area (Å²) in [6.07, 6.45) is 0.830. The number of nitrogens with zero attached hydrogens (tertiary/aromatic N) is 1. The van der Waals surface area contributed by atoms with E-state index in [9.17, 15) is 13.2 Å². The molecule has 0 radical (unpaired) electrons. The highest BCUT2D eigenvalue weighted by molar-refractivity contribution is 7.09. The second-order valence-electron chi connectivity index (χ2n) is 4.86. The Morgan fingerprint density at radius 3 is 2.43 bits per heavy atom. The molecule has 0 aliphatic rings. The van der Waals surface area contributed by atoms with Crippen molar-refractivity contribution in [2.75, 3.05) is 20.1 Å². The van der Waals surface area contributed by atoms with Gasteiger partial charge >= 0.3 is 0 Å². The fraction of sp³-hybridized carbons (Fsp3) is 0.333. The molecule has 2 rings (SSSR count). The van der Waals surface area contributed by atoms with Gasteiger partial charge in [-0.25, -0.2) is 13.2 Å². The minimum Gasteiger partial charge on any atom is -0.329 e. The van der Waals surface area contributed by atoms with Crippen LogP contribution in [-0.4, -0.2) is 25.0 Å². The second-order valence-corrected chi connectivity index (χ2v) is 5.89. The minimum absolute atomic E-state index is 0.200. The van der Waals surface area contributed by atoms with Crippen LogP contribution in [0, 0.1) is 17.5 Å². The third-order valence-electron chi connectivity index (χ3n) is 3.44. The van der Waals surface area contributed by atoms with Crippen LogP contribution in [-0.2, 0) is 6.42 Å². The molecule has 2 N–H and O–H groups in total. The standard InChI is InChI=1S/C15H17F3N2S/c1-20(5-4-11-3-2-6-21-11)14(9-19)10-7-12(16)15(18)13(17)8-10/h2-3,6-8,14H,4-5,9,19H2,1H3. The predicted octanol–water partition coefficient (Wildman–Crippen LogP) is 3.34. The summed E-state index contributed by atoms with van der Waals surface area (Å²) in [5.41, 5.74) is 6.06. The molecule has 1 unspecified atom stereocenters. The first-order valence-electron chi connectivity index (χ1n) is 6.60. The lowest BCUT2D eigenvalue weighted by atomic mass is 10.0. The van der Waals surface area contributed by atoms with Gasteiger partial charge in [-0.05, 0) is 42.6 Å². The van der Waals surface area contributed by atoms with Crippen LogP contribution in [0.2, 0.25) is 0 Å². The van der Waals surface area contributed by atoms with E-state index in [1.54, 1.807) is 11.3 Å². The van der Waals surface area contributed by atoms with Gasteiger partial charge in [0.15, 0.2) is 17.5 Å². The molecule has 0 saturated carbocycles. The van der Waals surface area contributed by atoms with Gasteiger partial charge in [-0.2, -0.15) is 0 Å². The number of thiophene rings is 1. The van der Waals surface area contributed by atoms with Gasteiger partial charge in [0.05, 0.1) is 0 Å². The van der Waals surface area contributed by atoms with Crippen molar-refractivity contribution in [2.24, 2.45) is 5.73 Å². The highest BCUT2D eigenvalue weighted by Crippen LogP contribution is 2.23. The molecule has 0 amide bonds. The van der Waals surface area contributed by atoms with Crippen LogP contribution in [0.1, 0.15) is 16.5 Å². The number of halogens is 3. The Morgan fingerprint density at radius 1 is 1.24 bits per heavy atom. The summed E-state index contributed by atoms with van der Waals surface area (Å²) in [6.45, 7) is 0.897. The SMILES string of the molecule is CN(CCc1cccs1)C(CN)c1cc(F)c(F)c(F)c1. The van der Waals surface area contributed by atoms with E-state index >= 15 is 0 Å². The monoisotopic (exact) mass is 314 g/mol. The van der Waals surface area contributed by atoms with Crippen LogP contribution in [0.3, 0.4) is 0 Å². The quantitative estimate of drug-likeness (QED) is 0.829. The number of benzene rings is 1. The first-order chi connectivity index (χ1) is 10.0. The van der Waals surface area contributed by atoms with Gasteiger partial charge in [-0.3, -0.25) is 4.90 Å². The molecular weight excluding hydrogens is 297 g/mol. The molecule has 114 valence electrons. The van der Waals surface area contributed by atoms with Crippen LogP contribution >= 0.6 is 11.3 Å². The largest absolute Gasteiger partial charge is 0.329 e. The van der Waals surface area contributed by atoms with Gasteiger partial charge in [0.2, 0.25) is 0 Å². The lowest BCUT2D eigenvalue weighted by Gasteiger charge is -2.27. The summed E-state index contributed by atoms with van der Waals surface area (Å²) in [5.74, 6) is -3.82. The number of hydrogen-bond acceptors (Lipinski definition) is 3. The number of rotatable bonds is 6. The Balaban J connectivity index is 2.11. The fourth-order valence-electron chi connectivity index (χ4n) is 2.24. The maximum absolute atomic E-state index is 13.3. The third-order valence-corrected chi connectivity index (χ3v) is 4.37. The highest BCUT2D eigenvalue weighted by atomic mass is 32.1. The molecule has 2 aromatic rings. The van der Waals surface area contributed by atoms with Crippen molar-refractivity contribution in [1.82, 2.24) is 4.90 Å². The van der Waals surface area contributed by atoms with Crippen LogP contribution in [0.15, 0.2) is 29.6 Å². The average Bonchev–Trinajstić information content (AvgIpc) is 2.96. The van der Waals surface area contributed by atoms with Crippen molar-refractivity contribution in [3.63, 3.8) is 0 Å². The Hall–Kier alpha value is -1.37. The molecule has 0 saturated heterocycles. The van der Waals surface area contributed by atoms with E-state index in [1.807, 2.05) is 29.5 Å². The highest BCUT2D eigenvalue weighted by Gasteiger charge is 2.19. The predicted molar refractivity (Wildman–Crippen MR) is 78.8 cm³/mol. The third kappa shape index (κ3) is 3.84. The van der Waals surface area contributed by atoms with Gasteiger partial charge in [-0.15, -0.1) is 11.3 Å². The van der Waals surface area contributed by atoms with Crippen molar-refractivity contribution >= 4 is 11.3 Å². The maximum atomic E-state index is 13.3. The zero-order valence-corrected chi connectivity index (χ0v) is 12.5. The van der Waals surface area contributed by atoms with Gasteiger partial charge < -0.3 is 5.73 Å². The summed E-state index contributed by atoms with van der Waals surface area (Å²) >= 11 is 1.66. The zero-order chi connectivity index (χ0) is 15.4. The van der Waals surface area contributed by atoms with E-state index in [0.717, 1.165) is 18.6 Å². The van der Waals surface area contributed by atoms with E-state index < -0.39 is 17.5 Å². The molecule has 1 atom stereocenters. The molecule has 0 bridgehead atoms. The summed E-state index contributed by atoms with van der Waals surface area (Å²) in [5, 5.41) is 2.00. The lowest BCUT2D eigenvalue weighted by Crippen LogP contribution is -2.32. The van der Waals surface area contributed by atoms with Crippen molar-refractivity contribution in [3.05, 3.63) is 57.5 Å². The van der Waals surface area contributed by atoms with Crippen LogP contribution in [0.25, 0.3) is 0 Å². The molecule has 1 heterocycles. The number of hydrogen-bond donors (Lipinski definition) is 1. The molecule has 0 fully saturated rings. The topological polar surface area (TPSA) is 29.3 Å². The zero-order valence-electron chi connectivity index (χ0n) is 11.7. The van der Waals surface area contributed by atoms with Crippen LogP contribution < -0.4 is 5.73 Å². The Bertz CT molecular complexity index is 564. The molecule has 0 spiro atoms. The smallest absolute Gasteiger partial charge is 0.194 e. The average molecular weight is 314 g/mol. The normalized spacial score (nSPS) is 12.9. The van der Waals surface area contributed by atoms with Crippen molar-refractivity contribution in [1.29, 1.82) is 0 Å². The minimum atomic E-state index is -1.45. The van der Waals surface area contributed by atoms with Crippen molar-refractivity contribution in [3.8, 4) is 0 Å². The number of nitrogens with two attached hydrogens (primary N) is 1. The summed E-state index contributed by atoms with van der Waals surface area (Å²) in [6, 6.07) is 5.68. The molecule has 0 aliphatic heterocycles. The molecule has 1 aromatic carbocycles. The molecule has 21 heavy (non-hydrogen) atoms. The van der Waals surface area contributed by atoms with E-state index in [0.29, 0.717) is 12.1 Å². The summed E-state index contributed by atoms with van der Waals surface area (Å²) in [7, 11) is 1.84. The molecule has 2 nitrogen and oxygen atoms in total. The Kier molecular flexibility index (Phi) is 5.39. The van der Waals surface area contributed by atoms with E-state index in [2.05, 4.69) is 0 Å². The van der Waals surface area contributed by atoms with Crippen molar-refractivity contribution < 1.29 is 13.2 Å². The molecule has 1 aromatic heterocycles. The summed E-state index contributed by atoms with van der Waals surface area (Å²) < 4.78 is 39.7. The molecular formula is C15H17F3N2S. The van der Waals surface area contributed by atoms with Gasteiger partial charge in [-0.1, -0.05) is 6.07 Å².